The van der Waals surface area contributed by atoms with E-state index in [0.29, 0.717) is 41.0 Å². The van der Waals surface area contributed by atoms with Crippen molar-refractivity contribution in [3.63, 3.8) is 0 Å². The first kappa shape index (κ1) is 25.6. The number of carbonyl (C=O) groups is 1. The van der Waals surface area contributed by atoms with E-state index in [9.17, 15) is 9.90 Å². The molecule has 33 heavy (non-hydrogen) atoms. The number of aliphatic hydroxyl groups excluding tert-OH is 1. The Labute approximate surface area is 206 Å². The monoisotopic (exact) mass is 493 g/mol. The molecule has 0 unspecified atom stereocenters. The third kappa shape index (κ3) is 6.12. The van der Waals surface area contributed by atoms with E-state index in [1.807, 2.05) is 63.3 Å². The first-order valence-electron chi connectivity index (χ1n) is 11.1. The Hall–Kier alpha value is -1.99. The van der Waals surface area contributed by atoms with E-state index in [1.54, 1.807) is 11.0 Å². The lowest BCUT2D eigenvalue weighted by Gasteiger charge is -2.38. The molecular weight excluding hydrogens is 461 g/mol. The number of ether oxygens (including phenoxy) is 1. The van der Waals surface area contributed by atoms with Crippen LogP contribution in [0, 0.1) is 5.92 Å². The molecule has 1 N–H and O–H groups in total. The van der Waals surface area contributed by atoms with Gasteiger partial charge < -0.3 is 19.6 Å². The molecule has 3 rings (SSSR count). The van der Waals surface area contributed by atoms with Gasteiger partial charge >= 0.3 is 0 Å². The highest BCUT2D eigenvalue weighted by Crippen LogP contribution is 2.31. The Bertz CT molecular complexity index is 985. The Morgan fingerprint density at radius 2 is 1.88 bits per heavy atom. The summed E-state index contributed by atoms with van der Waals surface area (Å²) in [5.74, 6) is 0.505. The van der Waals surface area contributed by atoms with Gasteiger partial charge in [-0.15, -0.1) is 0 Å². The van der Waals surface area contributed by atoms with Crippen LogP contribution in [0.4, 0.5) is 5.69 Å². The fourth-order valence-corrected chi connectivity index (χ4v) is 4.35. The van der Waals surface area contributed by atoms with Crippen molar-refractivity contribution in [3.05, 3.63) is 57.6 Å². The molecule has 8 heteroatoms. The topological polar surface area (TPSA) is 56.3 Å². The zero-order chi connectivity index (χ0) is 24.3. The van der Waals surface area contributed by atoms with Crippen LogP contribution in [-0.2, 0) is 6.54 Å². The number of anilines is 1. The van der Waals surface area contributed by atoms with Crippen LogP contribution < -0.4 is 9.64 Å². The summed E-state index contributed by atoms with van der Waals surface area (Å²) in [7, 11) is 5.91. The molecule has 0 saturated heterocycles. The van der Waals surface area contributed by atoms with Gasteiger partial charge in [-0.25, -0.2) is 0 Å². The summed E-state index contributed by atoms with van der Waals surface area (Å²) in [5, 5.41) is 10.9. The maximum atomic E-state index is 13.4. The first-order chi connectivity index (χ1) is 15.6. The molecule has 180 valence electrons. The molecule has 0 aliphatic carbocycles. The quantitative estimate of drug-likeness (QED) is 0.618. The lowest BCUT2D eigenvalue weighted by molar-refractivity contribution is 0.0341. The van der Waals surface area contributed by atoms with Gasteiger partial charge in [0.25, 0.3) is 5.91 Å². The van der Waals surface area contributed by atoms with E-state index in [-0.39, 0.29) is 30.6 Å². The number of hydrogen-bond acceptors (Lipinski definition) is 5. The van der Waals surface area contributed by atoms with Crippen molar-refractivity contribution in [3.8, 4) is 5.75 Å². The van der Waals surface area contributed by atoms with Crippen LogP contribution in [0.1, 0.15) is 29.8 Å². The van der Waals surface area contributed by atoms with E-state index in [0.717, 1.165) is 11.3 Å². The average Bonchev–Trinajstić information content (AvgIpc) is 2.77. The van der Waals surface area contributed by atoms with E-state index in [4.69, 9.17) is 27.9 Å². The van der Waals surface area contributed by atoms with Crippen LogP contribution in [-0.4, -0.2) is 73.8 Å². The molecule has 2 aromatic rings. The summed E-state index contributed by atoms with van der Waals surface area (Å²) in [6, 6.07) is 11.0. The zero-order valence-corrected chi connectivity index (χ0v) is 21.4. The fraction of sp³-hybridized carbons (Fsp3) is 0.480. The van der Waals surface area contributed by atoms with Gasteiger partial charge in [-0.3, -0.25) is 9.69 Å². The van der Waals surface area contributed by atoms with E-state index < -0.39 is 0 Å². The van der Waals surface area contributed by atoms with Crippen molar-refractivity contribution in [1.82, 2.24) is 9.80 Å². The third-order valence-electron chi connectivity index (χ3n) is 6.09. The first-order valence-corrected chi connectivity index (χ1v) is 11.9. The van der Waals surface area contributed by atoms with Crippen LogP contribution in [0.15, 0.2) is 36.4 Å². The number of halogens is 2. The Kier molecular flexibility index (Phi) is 8.51. The molecular formula is C25H33Cl2N3O3. The van der Waals surface area contributed by atoms with Gasteiger partial charge in [-0.1, -0.05) is 36.2 Å². The summed E-state index contributed by atoms with van der Waals surface area (Å²) >= 11 is 12.2. The van der Waals surface area contributed by atoms with Crippen LogP contribution in [0.25, 0.3) is 0 Å². The van der Waals surface area contributed by atoms with Gasteiger partial charge in [0, 0.05) is 45.3 Å². The second-order valence-corrected chi connectivity index (χ2v) is 9.96. The Morgan fingerprint density at radius 3 is 2.52 bits per heavy atom. The summed E-state index contributed by atoms with van der Waals surface area (Å²) < 4.78 is 6.45. The minimum absolute atomic E-state index is 0.0564. The standard InChI is InChI=1S/C25H33Cl2N3O3/c1-16-12-30(17(2)15-31)25(32)20-11-19(28(3)4)7-9-23(20)33-24(16)14-29(5)13-18-6-8-21(26)22(27)10-18/h6-11,16-17,24,31H,12-15H2,1-5H3/t16-,17-,24-/m0/s1. The minimum Gasteiger partial charge on any atom is -0.488 e. The van der Waals surface area contributed by atoms with E-state index in [1.165, 1.54) is 0 Å². The largest absolute Gasteiger partial charge is 0.488 e. The molecule has 0 aromatic heterocycles. The Balaban J connectivity index is 1.88. The van der Waals surface area contributed by atoms with Crippen LogP contribution in [0.3, 0.4) is 0 Å². The number of carbonyl (C=O) groups excluding carboxylic acids is 1. The van der Waals surface area contributed by atoms with Gasteiger partial charge in [-0.2, -0.15) is 0 Å². The highest BCUT2D eigenvalue weighted by atomic mass is 35.5. The second-order valence-electron chi connectivity index (χ2n) is 9.14. The molecule has 0 radical (unpaired) electrons. The Morgan fingerprint density at radius 1 is 1.15 bits per heavy atom. The third-order valence-corrected chi connectivity index (χ3v) is 6.83. The molecule has 0 spiro atoms. The van der Waals surface area contributed by atoms with Gasteiger partial charge in [0.2, 0.25) is 0 Å². The molecule has 1 aliphatic heterocycles. The second kappa shape index (κ2) is 11.0. The summed E-state index contributed by atoms with van der Waals surface area (Å²) in [6.07, 6.45) is -0.150. The lowest BCUT2D eigenvalue weighted by Crippen LogP contribution is -2.49. The molecule has 0 fully saturated rings. The van der Waals surface area contributed by atoms with Crippen molar-refractivity contribution >= 4 is 34.8 Å². The SMILES string of the molecule is C[C@H]1CN([C@@H](C)CO)C(=O)c2cc(N(C)C)ccc2O[C@H]1CN(C)Cc1ccc(Cl)c(Cl)c1. The lowest BCUT2D eigenvalue weighted by atomic mass is 9.99. The fourth-order valence-electron chi connectivity index (χ4n) is 4.03. The number of benzene rings is 2. The minimum atomic E-state index is -0.288. The number of amides is 1. The number of rotatable bonds is 7. The van der Waals surface area contributed by atoms with Crippen molar-refractivity contribution < 1.29 is 14.6 Å². The average molecular weight is 494 g/mol. The smallest absolute Gasteiger partial charge is 0.258 e. The predicted molar refractivity (Wildman–Crippen MR) is 135 cm³/mol. The number of aliphatic hydroxyl groups is 1. The van der Waals surface area contributed by atoms with E-state index in [2.05, 4.69) is 11.8 Å². The molecule has 0 saturated carbocycles. The number of likely N-dealkylation sites (N-methyl/N-ethyl adjacent to an activating group) is 1. The summed E-state index contributed by atoms with van der Waals surface area (Å²) in [4.78, 5) is 19.3. The van der Waals surface area contributed by atoms with Gasteiger partial charge in [-0.05, 0) is 49.9 Å². The van der Waals surface area contributed by atoms with Crippen LogP contribution >= 0.6 is 23.2 Å². The molecule has 3 atom stereocenters. The van der Waals surface area contributed by atoms with Crippen molar-refractivity contribution in [2.75, 3.05) is 45.7 Å². The summed E-state index contributed by atoms with van der Waals surface area (Å²) in [5.41, 5.74) is 2.50. The van der Waals surface area contributed by atoms with E-state index >= 15 is 0 Å². The highest BCUT2D eigenvalue weighted by molar-refractivity contribution is 6.42. The number of nitrogens with zero attached hydrogens (tertiary/aromatic N) is 3. The molecule has 1 aliphatic rings. The van der Waals surface area contributed by atoms with Crippen molar-refractivity contribution in [2.45, 2.75) is 32.5 Å². The zero-order valence-electron chi connectivity index (χ0n) is 19.9. The van der Waals surface area contributed by atoms with Crippen molar-refractivity contribution in [2.24, 2.45) is 5.92 Å². The highest BCUT2D eigenvalue weighted by Gasteiger charge is 2.33. The molecule has 2 aromatic carbocycles. The van der Waals surface area contributed by atoms with Gasteiger partial charge in [0.05, 0.1) is 28.3 Å². The number of hydrogen-bond donors (Lipinski definition) is 1. The maximum Gasteiger partial charge on any atom is 0.258 e. The summed E-state index contributed by atoms with van der Waals surface area (Å²) in [6.45, 7) is 5.70. The molecule has 1 amide bonds. The maximum absolute atomic E-state index is 13.4. The molecule has 0 bridgehead atoms. The normalized spacial score (nSPS) is 19.5. The van der Waals surface area contributed by atoms with Crippen LogP contribution in [0.2, 0.25) is 10.0 Å². The predicted octanol–water partition coefficient (Wildman–Crippen LogP) is 4.41. The van der Waals surface area contributed by atoms with Gasteiger partial charge in [0.1, 0.15) is 11.9 Å². The number of fused-ring (bicyclic) bond motifs is 1. The molecule has 6 nitrogen and oxygen atoms in total. The molecule has 1 heterocycles. The van der Waals surface area contributed by atoms with Gasteiger partial charge in [0.15, 0.2) is 0 Å². The van der Waals surface area contributed by atoms with Crippen molar-refractivity contribution in [1.29, 1.82) is 0 Å². The van der Waals surface area contributed by atoms with Crippen LogP contribution in [0.5, 0.6) is 5.75 Å².